The van der Waals surface area contributed by atoms with Crippen LogP contribution in [0.25, 0.3) is 34.2 Å². The molecule has 0 saturated carbocycles. The van der Waals surface area contributed by atoms with E-state index in [1.54, 1.807) is 12.3 Å². The van der Waals surface area contributed by atoms with Gasteiger partial charge in [0.1, 0.15) is 0 Å². The number of carbonyl (C=O) groups excluding carboxylic acids is 2. The van der Waals surface area contributed by atoms with Crippen molar-refractivity contribution >= 4 is 46.0 Å². The molecule has 2 aliphatic rings. The lowest BCUT2D eigenvalue weighted by Crippen LogP contribution is -2.22. The van der Waals surface area contributed by atoms with Crippen molar-refractivity contribution in [2.75, 3.05) is 0 Å². The summed E-state index contributed by atoms with van der Waals surface area (Å²) in [7, 11) is 0. The zero-order valence-corrected chi connectivity index (χ0v) is 16.2. The third-order valence-corrected chi connectivity index (χ3v) is 5.79. The second-order valence-electron chi connectivity index (χ2n) is 7.42. The van der Waals surface area contributed by atoms with Crippen molar-refractivity contribution in [3.8, 4) is 0 Å². The van der Waals surface area contributed by atoms with E-state index < -0.39 is 0 Å². The maximum absolute atomic E-state index is 12.9. The lowest BCUT2D eigenvalue weighted by Gasteiger charge is -2.14. The summed E-state index contributed by atoms with van der Waals surface area (Å²) in [6.45, 7) is 6.68. The summed E-state index contributed by atoms with van der Waals surface area (Å²) in [5, 5.41) is 3.53. The largest absolute Gasteiger partial charge is 0.361 e. The van der Waals surface area contributed by atoms with Crippen LogP contribution in [0, 0.1) is 0 Å². The van der Waals surface area contributed by atoms with E-state index >= 15 is 0 Å². The number of aryl methyl sites for hydroxylation is 2. The minimum Gasteiger partial charge on any atom is -0.361 e. The summed E-state index contributed by atoms with van der Waals surface area (Å²) >= 11 is 0. The number of benzene rings is 1. The number of hydrogen-bond acceptors (Lipinski definition) is 2. The number of H-pyrrole nitrogens is 1. The Morgan fingerprint density at radius 3 is 2.69 bits per heavy atom. The summed E-state index contributed by atoms with van der Waals surface area (Å²) in [5.74, 6) is -0.709. The van der Waals surface area contributed by atoms with Crippen molar-refractivity contribution in [1.29, 1.82) is 0 Å². The molecule has 0 spiro atoms. The Morgan fingerprint density at radius 1 is 1.14 bits per heavy atom. The number of para-hydroxylation sites is 1. The van der Waals surface area contributed by atoms with Crippen LogP contribution in [0.15, 0.2) is 43.2 Å². The van der Waals surface area contributed by atoms with Crippen LogP contribution in [-0.4, -0.2) is 21.4 Å². The first-order valence-corrected chi connectivity index (χ1v) is 9.82. The molecule has 2 amide bonds. The second kappa shape index (κ2) is 6.48. The van der Waals surface area contributed by atoms with Gasteiger partial charge >= 0.3 is 0 Å². The molecule has 0 unspecified atom stereocenters. The highest BCUT2D eigenvalue weighted by atomic mass is 16.2. The normalized spacial score (nSPS) is 16.3. The predicted octanol–water partition coefficient (Wildman–Crippen LogP) is 4.16. The molecule has 5 rings (SSSR count). The highest BCUT2D eigenvalue weighted by Crippen LogP contribution is 2.39. The lowest BCUT2D eigenvalue weighted by molar-refractivity contribution is -0.122. The van der Waals surface area contributed by atoms with E-state index in [9.17, 15) is 9.59 Å². The molecule has 0 radical (unpaired) electrons. The van der Waals surface area contributed by atoms with Gasteiger partial charge in [-0.15, -0.1) is 0 Å². The molecule has 2 N–H and O–H groups in total. The number of aromatic nitrogens is 2. The molecular weight excluding hydrogens is 362 g/mol. The molecule has 4 heterocycles. The number of rotatable bonds is 4. The number of nitrogens with zero attached hydrogens (tertiary/aromatic N) is 1. The van der Waals surface area contributed by atoms with Gasteiger partial charge in [-0.05, 0) is 31.4 Å². The number of amides is 2. The van der Waals surface area contributed by atoms with Crippen LogP contribution in [0.4, 0.5) is 0 Å². The van der Waals surface area contributed by atoms with Crippen LogP contribution >= 0.6 is 0 Å². The Labute approximate surface area is 168 Å². The van der Waals surface area contributed by atoms with E-state index in [0.717, 1.165) is 41.6 Å². The molecule has 29 heavy (non-hydrogen) atoms. The van der Waals surface area contributed by atoms with Crippen LogP contribution in [0.2, 0.25) is 0 Å². The van der Waals surface area contributed by atoms with Crippen molar-refractivity contribution in [1.82, 2.24) is 14.9 Å². The Bertz CT molecular complexity index is 1270. The minimum absolute atomic E-state index is 0.346. The number of hydrogen-bond donors (Lipinski definition) is 2. The van der Waals surface area contributed by atoms with E-state index in [4.69, 9.17) is 0 Å². The Hall–Kier alpha value is -3.60. The fourth-order valence-electron chi connectivity index (χ4n) is 4.60. The van der Waals surface area contributed by atoms with Gasteiger partial charge in [-0.2, -0.15) is 0 Å². The van der Waals surface area contributed by atoms with Gasteiger partial charge < -0.3 is 9.55 Å². The molecule has 0 atom stereocenters. The summed E-state index contributed by atoms with van der Waals surface area (Å²) in [5.41, 5.74) is 6.51. The Kier molecular flexibility index (Phi) is 3.91. The predicted molar refractivity (Wildman–Crippen MR) is 116 cm³/mol. The molecule has 2 aliphatic heterocycles. The van der Waals surface area contributed by atoms with E-state index in [2.05, 4.69) is 27.5 Å². The first kappa shape index (κ1) is 17.5. The zero-order chi connectivity index (χ0) is 20.1. The summed E-state index contributed by atoms with van der Waals surface area (Å²) in [6, 6.07) is 6.21. The molecule has 5 nitrogen and oxygen atoms in total. The lowest BCUT2D eigenvalue weighted by atomic mass is 9.93. The number of imide groups is 1. The van der Waals surface area contributed by atoms with E-state index in [1.165, 1.54) is 11.1 Å². The monoisotopic (exact) mass is 383 g/mol. The fourth-order valence-corrected chi connectivity index (χ4v) is 4.60. The van der Waals surface area contributed by atoms with Gasteiger partial charge in [0.2, 0.25) is 0 Å². The van der Waals surface area contributed by atoms with Crippen LogP contribution in [0.3, 0.4) is 0 Å². The van der Waals surface area contributed by atoms with Gasteiger partial charge in [-0.3, -0.25) is 14.9 Å². The highest BCUT2D eigenvalue weighted by molar-refractivity contribution is 6.50. The van der Waals surface area contributed by atoms with Gasteiger partial charge in [0, 0.05) is 46.7 Å². The van der Waals surface area contributed by atoms with Gasteiger partial charge in [-0.25, -0.2) is 0 Å². The zero-order valence-electron chi connectivity index (χ0n) is 16.2. The van der Waals surface area contributed by atoms with Gasteiger partial charge in [0.25, 0.3) is 11.8 Å². The smallest absolute Gasteiger partial charge is 0.259 e. The number of allylic oxidation sites excluding steroid dienone is 1. The third-order valence-electron chi connectivity index (χ3n) is 5.79. The molecular formula is C24H21N3O2. The number of nitrogens with one attached hydrogen (secondary N) is 2. The van der Waals surface area contributed by atoms with Crippen molar-refractivity contribution in [3.05, 3.63) is 71.2 Å². The molecule has 0 bridgehead atoms. The standard InChI is InChI=1S/C24H21N3O2/c1-3-7-15-17(12-25-19(15)4-2)20-21(24(29)26-23(20)28)18-13-27-11-6-9-14-8-5-10-16(18)22(14)27/h3-5,7-8,10,12-13,25H,2,6,9,11H2,1H3,(H,26,28,29)/b7-3-. The third kappa shape index (κ3) is 2.47. The number of carbonyl (C=O) groups is 2. The highest BCUT2D eigenvalue weighted by Gasteiger charge is 2.35. The maximum atomic E-state index is 12.9. The first-order chi connectivity index (χ1) is 14.1. The van der Waals surface area contributed by atoms with Crippen LogP contribution in [0.1, 0.15) is 41.3 Å². The maximum Gasteiger partial charge on any atom is 0.259 e. The molecule has 0 saturated heterocycles. The fraction of sp³-hybridized carbons (Fsp3) is 0.167. The van der Waals surface area contributed by atoms with Crippen molar-refractivity contribution in [2.24, 2.45) is 0 Å². The van der Waals surface area contributed by atoms with E-state index in [1.807, 2.05) is 37.4 Å². The summed E-state index contributed by atoms with van der Waals surface area (Å²) in [6.07, 6.45) is 11.5. The van der Waals surface area contributed by atoms with Crippen molar-refractivity contribution < 1.29 is 9.59 Å². The first-order valence-electron chi connectivity index (χ1n) is 9.82. The molecule has 0 fully saturated rings. The average Bonchev–Trinajstić information content (AvgIpc) is 3.37. The molecule has 1 aromatic carbocycles. The van der Waals surface area contributed by atoms with Crippen LogP contribution < -0.4 is 5.32 Å². The number of aromatic amines is 1. The van der Waals surface area contributed by atoms with Crippen LogP contribution in [-0.2, 0) is 22.6 Å². The van der Waals surface area contributed by atoms with Crippen LogP contribution in [0.5, 0.6) is 0 Å². The molecule has 0 aliphatic carbocycles. The second-order valence-corrected chi connectivity index (χ2v) is 7.42. The molecule has 5 heteroatoms. The van der Waals surface area contributed by atoms with Crippen molar-refractivity contribution in [2.45, 2.75) is 26.3 Å². The Balaban J connectivity index is 1.83. The van der Waals surface area contributed by atoms with Gasteiger partial charge in [0.15, 0.2) is 0 Å². The SMILES string of the molecule is C=Cc1[nH]cc(C2=C(c3cn4c5c(cccc35)CCC4)C(=O)NC2=O)c1/C=C\C. The summed E-state index contributed by atoms with van der Waals surface area (Å²) < 4.78 is 2.21. The quantitative estimate of drug-likeness (QED) is 0.665. The molecule has 144 valence electrons. The van der Waals surface area contributed by atoms with Crippen molar-refractivity contribution in [3.63, 3.8) is 0 Å². The van der Waals surface area contributed by atoms with Gasteiger partial charge in [0.05, 0.1) is 16.7 Å². The Morgan fingerprint density at radius 2 is 1.93 bits per heavy atom. The molecule has 2 aromatic heterocycles. The topological polar surface area (TPSA) is 66.9 Å². The summed E-state index contributed by atoms with van der Waals surface area (Å²) in [4.78, 5) is 28.9. The van der Waals surface area contributed by atoms with E-state index in [0.29, 0.717) is 16.7 Å². The van der Waals surface area contributed by atoms with E-state index in [-0.39, 0.29) is 11.8 Å². The minimum atomic E-state index is -0.364. The van der Waals surface area contributed by atoms with Gasteiger partial charge in [-0.1, -0.05) is 36.9 Å². The average molecular weight is 383 g/mol. The molecule has 3 aromatic rings.